The Bertz CT molecular complexity index is 1880. The van der Waals surface area contributed by atoms with Crippen molar-refractivity contribution in [3.8, 4) is 0 Å². The smallest absolute Gasteiger partial charge is 0.303 e. The molecule has 54 heavy (non-hydrogen) atoms. The van der Waals surface area contributed by atoms with Crippen molar-refractivity contribution >= 4 is 23.5 Å². The van der Waals surface area contributed by atoms with Crippen LogP contribution in [0.4, 0.5) is 5.69 Å². The number of carbonyl (C=O) groups excluding carboxylic acids is 3. The fourth-order valence-electron chi connectivity index (χ4n) is 7.99. The molecule has 0 aromatic heterocycles. The van der Waals surface area contributed by atoms with Crippen molar-refractivity contribution in [2.24, 2.45) is 0 Å². The zero-order valence-electron chi connectivity index (χ0n) is 30.7. The number of piperidine rings is 1. The Kier molecular flexibility index (Phi) is 11.4. The highest BCUT2D eigenvalue weighted by Gasteiger charge is 2.51. The van der Waals surface area contributed by atoms with Gasteiger partial charge in [0.05, 0.1) is 25.5 Å². The number of esters is 1. The maximum Gasteiger partial charge on any atom is 0.303 e. The number of aliphatic hydroxyl groups excluding tert-OH is 1. The lowest BCUT2D eigenvalue weighted by atomic mass is 9.82. The molecule has 7 rings (SSSR count). The molecule has 5 atom stereocenters. The van der Waals surface area contributed by atoms with Gasteiger partial charge in [0, 0.05) is 50.3 Å². The van der Waals surface area contributed by atoms with Crippen molar-refractivity contribution in [2.45, 2.75) is 75.9 Å². The average Bonchev–Trinajstić information content (AvgIpc) is 3.52. The van der Waals surface area contributed by atoms with E-state index in [9.17, 15) is 19.5 Å². The van der Waals surface area contributed by atoms with Crippen LogP contribution in [0, 0.1) is 0 Å². The van der Waals surface area contributed by atoms with Gasteiger partial charge in [-0.2, -0.15) is 0 Å². The summed E-state index contributed by atoms with van der Waals surface area (Å²) in [5.41, 5.74) is 5.07. The Labute approximate surface area is 316 Å². The van der Waals surface area contributed by atoms with Crippen LogP contribution in [0.3, 0.4) is 0 Å². The fourth-order valence-corrected chi connectivity index (χ4v) is 7.99. The number of benzene rings is 4. The number of aliphatic hydroxyl groups is 1. The van der Waals surface area contributed by atoms with Crippen molar-refractivity contribution in [1.82, 2.24) is 15.5 Å². The van der Waals surface area contributed by atoms with Gasteiger partial charge in [0.15, 0.2) is 12.4 Å². The normalized spacial score (nSPS) is 23.1. The molecule has 0 bridgehead atoms. The molecule has 2 amide bonds. The number of hydrogen-bond donors (Lipinski definition) is 3. The van der Waals surface area contributed by atoms with Crippen LogP contribution in [0.1, 0.15) is 72.8 Å². The molecule has 0 radical (unpaired) electrons. The van der Waals surface area contributed by atoms with Crippen molar-refractivity contribution < 1.29 is 33.7 Å². The van der Waals surface area contributed by atoms with Gasteiger partial charge in [-0.3, -0.25) is 14.4 Å². The monoisotopic (exact) mass is 732 g/mol. The van der Waals surface area contributed by atoms with Crippen molar-refractivity contribution in [1.29, 1.82) is 0 Å². The predicted molar refractivity (Wildman–Crippen MR) is 203 cm³/mol. The molecule has 3 aliphatic rings. The zero-order valence-corrected chi connectivity index (χ0v) is 30.7. The van der Waals surface area contributed by atoms with E-state index in [2.05, 4.69) is 44.7 Å². The number of ether oxygens (including phenoxy) is 3. The summed E-state index contributed by atoms with van der Waals surface area (Å²) < 4.78 is 18.9. The number of carbonyl (C=O) groups is 3. The summed E-state index contributed by atoms with van der Waals surface area (Å²) in [5.74, 6) is -0.945. The first kappa shape index (κ1) is 37.3. The quantitative estimate of drug-likeness (QED) is 0.180. The van der Waals surface area contributed by atoms with E-state index in [4.69, 9.17) is 14.2 Å². The minimum Gasteiger partial charge on any atom is -0.453 e. The lowest BCUT2D eigenvalue weighted by Gasteiger charge is -2.47. The summed E-state index contributed by atoms with van der Waals surface area (Å²) in [6.07, 6.45) is -0.814. The molecule has 282 valence electrons. The van der Waals surface area contributed by atoms with E-state index >= 15 is 0 Å². The largest absolute Gasteiger partial charge is 0.453 e. The van der Waals surface area contributed by atoms with E-state index in [0.717, 1.165) is 46.6 Å². The third-order valence-corrected chi connectivity index (χ3v) is 10.9. The van der Waals surface area contributed by atoms with E-state index in [1.54, 1.807) is 0 Å². The fraction of sp³-hybridized carbons (Fsp3) is 0.372. The Balaban J connectivity index is 1.14. The number of anilines is 1. The Morgan fingerprint density at radius 3 is 2.15 bits per heavy atom. The molecular formula is C43H48N4O7. The van der Waals surface area contributed by atoms with Gasteiger partial charge in [-0.25, -0.2) is 0 Å². The van der Waals surface area contributed by atoms with E-state index in [1.165, 1.54) is 13.8 Å². The summed E-state index contributed by atoms with van der Waals surface area (Å²) >= 11 is 0. The number of hydrogen-bond acceptors (Lipinski definition) is 9. The third kappa shape index (κ3) is 8.05. The van der Waals surface area contributed by atoms with Gasteiger partial charge >= 0.3 is 5.97 Å². The number of likely N-dealkylation sites (tertiary alicyclic amines) is 1. The van der Waals surface area contributed by atoms with Gasteiger partial charge < -0.3 is 39.8 Å². The molecular weight excluding hydrogens is 684 g/mol. The molecule has 1 unspecified atom stereocenters. The highest BCUT2D eigenvalue weighted by Crippen LogP contribution is 2.47. The highest BCUT2D eigenvalue weighted by atomic mass is 16.7. The second-order valence-electron chi connectivity index (χ2n) is 14.4. The number of nitrogens with zero attached hydrogens (tertiary/aromatic N) is 2. The van der Waals surface area contributed by atoms with Crippen molar-refractivity contribution in [3.63, 3.8) is 0 Å². The molecule has 3 aliphatic heterocycles. The molecule has 4 aromatic rings. The molecule has 1 spiro atoms. The standard InChI is InChI=1S/C43H48N4O7/c1-29(52-30(2)49)40(50)44-25-31-13-19-35(20-14-31)41-53-37(38(33-9-5-3-6-10-33)39(54-41)34-17-15-32(27-48)16-18-34)26-46-23-21-43(22-24-46)42(51)45-28-47(43)36-11-7-4-8-12-36/h3-20,29,37-39,41,48H,21-28H2,1-2H3,(H,44,50)(H,45,51)/t29-,37+,38+,39-,41?/m0/s1. The van der Waals surface area contributed by atoms with Gasteiger partial charge in [0.25, 0.3) is 5.91 Å². The first-order valence-corrected chi connectivity index (χ1v) is 18.7. The van der Waals surface area contributed by atoms with Gasteiger partial charge in [-0.1, -0.05) is 97.1 Å². The summed E-state index contributed by atoms with van der Waals surface area (Å²) in [4.78, 5) is 41.7. The maximum atomic E-state index is 13.4. The van der Waals surface area contributed by atoms with Crippen LogP contribution >= 0.6 is 0 Å². The summed E-state index contributed by atoms with van der Waals surface area (Å²) in [6, 6.07) is 36.1. The number of amides is 2. The van der Waals surface area contributed by atoms with Crippen LogP contribution in [0.25, 0.3) is 0 Å². The molecule has 3 heterocycles. The van der Waals surface area contributed by atoms with Crippen LogP contribution in [0.2, 0.25) is 0 Å². The van der Waals surface area contributed by atoms with Gasteiger partial charge in [0.2, 0.25) is 5.91 Å². The molecule has 11 heteroatoms. The van der Waals surface area contributed by atoms with Gasteiger partial charge in [-0.15, -0.1) is 0 Å². The summed E-state index contributed by atoms with van der Waals surface area (Å²) in [6.45, 7) is 5.64. The average molecular weight is 733 g/mol. The molecule has 11 nitrogen and oxygen atoms in total. The Hall–Kier alpha value is -5.07. The van der Waals surface area contributed by atoms with E-state index < -0.39 is 23.9 Å². The predicted octanol–water partition coefficient (Wildman–Crippen LogP) is 5.11. The van der Waals surface area contributed by atoms with Gasteiger partial charge in [-0.05, 0) is 54.2 Å². The van der Waals surface area contributed by atoms with Gasteiger partial charge in [0.1, 0.15) is 5.54 Å². The lowest BCUT2D eigenvalue weighted by Crippen LogP contribution is -2.57. The molecule has 3 saturated heterocycles. The molecule has 4 aromatic carbocycles. The topological polar surface area (TPSA) is 130 Å². The number of rotatable bonds is 11. The summed E-state index contributed by atoms with van der Waals surface area (Å²) in [7, 11) is 0. The van der Waals surface area contributed by atoms with Crippen LogP contribution < -0.4 is 15.5 Å². The lowest BCUT2D eigenvalue weighted by molar-refractivity contribution is -0.264. The summed E-state index contributed by atoms with van der Waals surface area (Å²) in [5, 5.41) is 15.7. The van der Waals surface area contributed by atoms with E-state index in [1.807, 2.05) is 84.9 Å². The van der Waals surface area contributed by atoms with Crippen LogP contribution in [-0.2, 0) is 41.7 Å². The van der Waals surface area contributed by atoms with Crippen molar-refractivity contribution in [3.05, 3.63) is 137 Å². The van der Waals surface area contributed by atoms with Crippen LogP contribution in [0.15, 0.2) is 109 Å². The van der Waals surface area contributed by atoms with Crippen LogP contribution in [-0.4, -0.2) is 71.8 Å². The molecule has 0 saturated carbocycles. The molecule has 3 N–H and O–H groups in total. The maximum absolute atomic E-state index is 13.4. The van der Waals surface area contributed by atoms with Crippen molar-refractivity contribution in [2.75, 3.05) is 31.2 Å². The molecule has 0 aliphatic carbocycles. The zero-order chi connectivity index (χ0) is 37.7. The minimum absolute atomic E-state index is 0.0477. The SMILES string of the molecule is CC(=O)O[C@@H](C)C(=O)NCc1ccc(C2O[C@H](CN3CCC4(CC3)C(=O)NCN4c3ccccc3)[C@@H](c3ccccc3)[C@H](c3ccc(CO)cc3)O2)cc1. The second kappa shape index (κ2) is 16.5. The number of nitrogens with one attached hydrogen (secondary N) is 2. The second-order valence-corrected chi connectivity index (χ2v) is 14.4. The first-order chi connectivity index (χ1) is 26.2. The molecule has 3 fully saturated rings. The van der Waals surface area contributed by atoms with E-state index in [-0.39, 0.29) is 43.1 Å². The minimum atomic E-state index is -0.882. The Morgan fingerprint density at radius 1 is 0.870 bits per heavy atom. The third-order valence-electron chi connectivity index (χ3n) is 10.9. The van der Waals surface area contributed by atoms with E-state index in [0.29, 0.717) is 26.1 Å². The first-order valence-electron chi connectivity index (χ1n) is 18.7. The Morgan fingerprint density at radius 2 is 1.50 bits per heavy atom. The highest BCUT2D eigenvalue weighted by molar-refractivity contribution is 5.93. The number of para-hydroxylation sites is 1. The van der Waals surface area contributed by atoms with Crippen LogP contribution in [0.5, 0.6) is 0 Å².